The molecule has 3 nitrogen and oxygen atoms in total. The highest BCUT2D eigenvalue weighted by atomic mass is 32.2. The molecule has 1 atom stereocenters. The van der Waals surface area contributed by atoms with E-state index < -0.39 is 9.84 Å². The minimum atomic E-state index is -2.78. The second-order valence-corrected chi connectivity index (χ2v) is 6.59. The van der Waals surface area contributed by atoms with E-state index in [1.807, 2.05) is 7.05 Å². The van der Waals surface area contributed by atoms with Crippen molar-refractivity contribution < 1.29 is 8.42 Å². The fourth-order valence-corrected chi connectivity index (χ4v) is 2.23. The van der Waals surface area contributed by atoms with E-state index in [4.69, 9.17) is 0 Å². The van der Waals surface area contributed by atoms with E-state index in [1.165, 1.54) is 6.26 Å². The molecule has 0 rings (SSSR count). The Morgan fingerprint density at radius 2 is 1.86 bits per heavy atom. The van der Waals surface area contributed by atoms with Crippen molar-refractivity contribution in [1.82, 2.24) is 5.32 Å². The lowest BCUT2D eigenvalue weighted by molar-refractivity contribution is 0.347. The molecule has 86 valence electrons. The first-order chi connectivity index (χ1) is 6.37. The minimum absolute atomic E-state index is 0.319. The minimum Gasteiger partial charge on any atom is -0.319 e. The lowest BCUT2D eigenvalue weighted by Gasteiger charge is -2.19. The van der Waals surface area contributed by atoms with Crippen LogP contribution >= 0.6 is 0 Å². The summed E-state index contributed by atoms with van der Waals surface area (Å²) in [6.07, 6.45) is 3.07. The Balaban J connectivity index is 3.83. The molecule has 0 fully saturated rings. The van der Waals surface area contributed by atoms with Crippen LogP contribution in [0.25, 0.3) is 0 Å². The van der Waals surface area contributed by atoms with Crippen LogP contribution in [0.1, 0.15) is 26.7 Å². The van der Waals surface area contributed by atoms with Gasteiger partial charge >= 0.3 is 0 Å². The monoisotopic (exact) mass is 221 g/mol. The van der Waals surface area contributed by atoms with E-state index in [0.717, 1.165) is 19.4 Å². The van der Waals surface area contributed by atoms with Gasteiger partial charge in [0.15, 0.2) is 0 Å². The smallest absolute Gasteiger partial charge is 0.147 e. The third-order valence-electron chi connectivity index (χ3n) is 2.50. The van der Waals surface area contributed by atoms with Crippen molar-refractivity contribution in [3.8, 4) is 0 Å². The van der Waals surface area contributed by atoms with E-state index in [9.17, 15) is 8.42 Å². The Kier molecular flexibility index (Phi) is 6.36. The fourth-order valence-electron chi connectivity index (χ4n) is 1.54. The van der Waals surface area contributed by atoms with Crippen LogP contribution in [0.5, 0.6) is 0 Å². The van der Waals surface area contributed by atoms with E-state index >= 15 is 0 Å². The number of rotatable bonds is 7. The summed E-state index contributed by atoms with van der Waals surface area (Å²) in [5.74, 6) is 1.52. The van der Waals surface area contributed by atoms with Gasteiger partial charge in [-0.3, -0.25) is 0 Å². The summed E-state index contributed by atoms with van der Waals surface area (Å²) in [4.78, 5) is 0. The maximum absolute atomic E-state index is 10.9. The van der Waals surface area contributed by atoms with Crippen LogP contribution in [-0.4, -0.2) is 34.0 Å². The SMILES string of the molecule is CNCC(CCCS(C)(=O)=O)C(C)C. The Morgan fingerprint density at radius 1 is 1.29 bits per heavy atom. The molecule has 4 heteroatoms. The number of nitrogens with one attached hydrogen (secondary N) is 1. The van der Waals surface area contributed by atoms with Crippen molar-refractivity contribution in [3.63, 3.8) is 0 Å². The second kappa shape index (κ2) is 6.40. The summed E-state index contributed by atoms with van der Waals surface area (Å²) in [5.41, 5.74) is 0. The lowest BCUT2D eigenvalue weighted by Crippen LogP contribution is -2.23. The van der Waals surface area contributed by atoms with E-state index in [1.54, 1.807) is 0 Å². The molecule has 0 aliphatic carbocycles. The third kappa shape index (κ3) is 7.33. The first-order valence-electron chi connectivity index (χ1n) is 5.19. The molecule has 0 aliphatic rings. The highest BCUT2D eigenvalue weighted by Crippen LogP contribution is 2.16. The lowest BCUT2D eigenvalue weighted by atomic mass is 9.91. The van der Waals surface area contributed by atoms with Gasteiger partial charge in [-0.1, -0.05) is 13.8 Å². The topological polar surface area (TPSA) is 46.2 Å². The zero-order valence-electron chi connectivity index (χ0n) is 9.71. The van der Waals surface area contributed by atoms with Gasteiger partial charge in [0.25, 0.3) is 0 Å². The van der Waals surface area contributed by atoms with Crippen LogP contribution in [0.15, 0.2) is 0 Å². The second-order valence-electron chi connectivity index (χ2n) is 4.33. The molecule has 0 aromatic heterocycles. The zero-order valence-corrected chi connectivity index (χ0v) is 10.5. The molecule has 0 heterocycles. The molecule has 0 aromatic rings. The Hall–Kier alpha value is -0.0900. The Labute approximate surface area is 88.2 Å². The summed E-state index contributed by atoms with van der Waals surface area (Å²) in [6.45, 7) is 5.34. The molecule has 0 saturated carbocycles. The normalized spacial score (nSPS) is 14.6. The van der Waals surface area contributed by atoms with Crippen molar-refractivity contribution in [2.75, 3.05) is 25.6 Å². The van der Waals surface area contributed by atoms with Crippen molar-refractivity contribution >= 4 is 9.84 Å². The molecule has 14 heavy (non-hydrogen) atoms. The van der Waals surface area contributed by atoms with E-state index in [0.29, 0.717) is 17.6 Å². The van der Waals surface area contributed by atoms with Crippen molar-refractivity contribution in [2.45, 2.75) is 26.7 Å². The van der Waals surface area contributed by atoms with E-state index in [2.05, 4.69) is 19.2 Å². The molecule has 0 bridgehead atoms. The fraction of sp³-hybridized carbons (Fsp3) is 1.00. The van der Waals surface area contributed by atoms with Gasteiger partial charge in [0.2, 0.25) is 0 Å². The van der Waals surface area contributed by atoms with Gasteiger partial charge in [0.1, 0.15) is 9.84 Å². The molecule has 1 N–H and O–H groups in total. The highest BCUT2D eigenvalue weighted by molar-refractivity contribution is 7.90. The molecule has 0 amide bonds. The van der Waals surface area contributed by atoms with Crippen LogP contribution in [0.2, 0.25) is 0 Å². The molecular formula is C10H23NO2S. The third-order valence-corrected chi connectivity index (χ3v) is 3.53. The van der Waals surface area contributed by atoms with Gasteiger partial charge in [0, 0.05) is 12.0 Å². The maximum Gasteiger partial charge on any atom is 0.147 e. The van der Waals surface area contributed by atoms with Crippen LogP contribution in [0, 0.1) is 11.8 Å². The summed E-state index contributed by atoms with van der Waals surface area (Å²) in [7, 11) is -0.844. The maximum atomic E-state index is 10.9. The largest absolute Gasteiger partial charge is 0.319 e. The van der Waals surface area contributed by atoms with Gasteiger partial charge in [-0.2, -0.15) is 0 Å². The summed E-state index contributed by atoms with van der Waals surface area (Å²) in [6, 6.07) is 0. The number of hydrogen-bond donors (Lipinski definition) is 1. The molecule has 1 unspecified atom stereocenters. The van der Waals surface area contributed by atoms with Crippen LogP contribution in [-0.2, 0) is 9.84 Å². The molecule has 0 radical (unpaired) electrons. The van der Waals surface area contributed by atoms with Crippen LogP contribution in [0.4, 0.5) is 0 Å². The average molecular weight is 221 g/mol. The highest BCUT2D eigenvalue weighted by Gasteiger charge is 2.13. The Morgan fingerprint density at radius 3 is 2.21 bits per heavy atom. The van der Waals surface area contributed by atoms with Gasteiger partial charge in [0.05, 0.1) is 0 Å². The predicted octanol–water partition coefficient (Wildman–Crippen LogP) is 1.30. The average Bonchev–Trinajstić information content (AvgIpc) is 2.00. The number of hydrogen-bond acceptors (Lipinski definition) is 3. The Bertz CT molecular complexity index is 235. The molecule has 0 spiro atoms. The summed E-state index contributed by atoms with van der Waals surface area (Å²) >= 11 is 0. The summed E-state index contributed by atoms with van der Waals surface area (Å²) in [5, 5.41) is 3.15. The predicted molar refractivity (Wildman–Crippen MR) is 61.2 cm³/mol. The van der Waals surface area contributed by atoms with Crippen molar-refractivity contribution in [2.24, 2.45) is 11.8 Å². The van der Waals surface area contributed by atoms with Gasteiger partial charge < -0.3 is 5.32 Å². The van der Waals surface area contributed by atoms with Gasteiger partial charge in [-0.15, -0.1) is 0 Å². The van der Waals surface area contributed by atoms with Gasteiger partial charge in [-0.05, 0) is 38.3 Å². The molecule has 0 saturated heterocycles. The quantitative estimate of drug-likeness (QED) is 0.705. The molecule has 0 aromatic carbocycles. The summed E-state index contributed by atoms with van der Waals surface area (Å²) < 4.78 is 21.8. The number of sulfone groups is 1. The first kappa shape index (κ1) is 13.9. The molecular weight excluding hydrogens is 198 g/mol. The van der Waals surface area contributed by atoms with Crippen LogP contribution < -0.4 is 5.32 Å². The molecule has 0 aliphatic heterocycles. The zero-order chi connectivity index (χ0) is 11.2. The first-order valence-corrected chi connectivity index (χ1v) is 7.25. The van der Waals surface area contributed by atoms with Gasteiger partial charge in [-0.25, -0.2) is 8.42 Å². The van der Waals surface area contributed by atoms with E-state index in [-0.39, 0.29) is 0 Å². The van der Waals surface area contributed by atoms with Crippen molar-refractivity contribution in [3.05, 3.63) is 0 Å². The standard InChI is InChI=1S/C10H23NO2S/c1-9(2)10(8-11-3)6-5-7-14(4,12)13/h9-11H,5-8H2,1-4H3. The van der Waals surface area contributed by atoms with Crippen molar-refractivity contribution in [1.29, 1.82) is 0 Å². The van der Waals surface area contributed by atoms with Crippen LogP contribution in [0.3, 0.4) is 0 Å².